The zero-order chi connectivity index (χ0) is 18.1. The van der Waals surface area contributed by atoms with Crippen molar-refractivity contribution in [2.45, 2.75) is 50.2 Å². The van der Waals surface area contributed by atoms with Gasteiger partial charge in [-0.05, 0) is 24.5 Å². The number of ether oxygens (including phenoxy) is 1. The summed E-state index contributed by atoms with van der Waals surface area (Å²) in [4.78, 5) is 7.60. The van der Waals surface area contributed by atoms with Crippen LogP contribution in [-0.4, -0.2) is 66.7 Å². The van der Waals surface area contributed by atoms with Gasteiger partial charge in [-0.2, -0.15) is 0 Å². The van der Waals surface area contributed by atoms with Crippen LogP contribution in [0.3, 0.4) is 0 Å². The molecular formula is C21H30N4OS. The number of aliphatic imine (C=N–C) groups is 1. The second-order valence-corrected chi connectivity index (χ2v) is 9.25. The van der Waals surface area contributed by atoms with E-state index in [-0.39, 0.29) is 0 Å². The molecule has 1 saturated carbocycles. The first kappa shape index (κ1) is 17.8. The predicted octanol–water partition coefficient (Wildman–Crippen LogP) is 3.22. The molecule has 0 amide bonds. The minimum atomic E-state index is 0.353. The Morgan fingerprint density at radius 3 is 2.93 bits per heavy atom. The van der Waals surface area contributed by atoms with Crippen molar-refractivity contribution >= 4 is 28.2 Å². The van der Waals surface area contributed by atoms with Crippen molar-refractivity contribution < 1.29 is 4.74 Å². The first-order chi connectivity index (χ1) is 13.3. The Morgan fingerprint density at radius 1 is 1.22 bits per heavy atom. The lowest BCUT2D eigenvalue weighted by atomic mass is 10.1. The Bertz CT molecular complexity index is 697. The molecule has 3 aliphatic heterocycles. The standard InChI is InChI=1S/C21H30N4OS/c1-2-6-16(5-1)22-18-7-3-4-15-12-19(24-20(15)18)21-23-17(14-27-21)13-25-8-10-26-11-9-25/h3-4,7,16-17,19,22,24H,1-2,5-6,8-14H2/t17-,19?/m1/s1. The smallest absolute Gasteiger partial charge is 0.0907 e. The molecule has 1 aromatic carbocycles. The number of fused-ring (bicyclic) bond motifs is 1. The fourth-order valence-electron chi connectivity index (χ4n) is 4.75. The molecule has 5 nitrogen and oxygen atoms in total. The van der Waals surface area contributed by atoms with Gasteiger partial charge in [0, 0.05) is 37.8 Å². The Kier molecular flexibility index (Phi) is 5.29. The van der Waals surface area contributed by atoms with Crippen molar-refractivity contribution in [1.29, 1.82) is 0 Å². The third kappa shape index (κ3) is 3.98. The van der Waals surface area contributed by atoms with Crippen LogP contribution in [0, 0.1) is 0 Å². The molecule has 4 aliphatic rings. The van der Waals surface area contributed by atoms with Gasteiger partial charge < -0.3 is 15.4 Å². The van der Waals surface area contributed by atoms with Crippen molar-refractivity contribution in [3.63, 3.8) is 0 Å². The van der Waals surface area contributed by atoms with Crippen molar-refractivity contribution in [2.75, 3.05) is 49.2 Å². The van der Waals surface area contributed by atoms with Gasteiger partial charge in [-0.25, -0.2) is 0 Å². The molecule has 5 rings (SSSR count). The Balaban J connectivity index is 1.23. The summed E-state index contributed by atoms with van der Waals surface area (Å²) in [6, 6.07) is 8.14. The van der Waals surface area contributed by atoms with Crippen LogP contribution in [0.2, 0.25) is 0 Å². The van der Waals surface area contributed by atoms with Crippen LogP contribution in [0.25, 0.3) is 0 Å². The zero-order valence-electron chi connectivity index (χ0n) is 16.0. The van der Waals surface area contributed by atoms with Gasteiger partial charge in [0.2, 0.25) is 0 Å². The fourth-order valence-corrected chi connectivity index (χ4v) is 5.86. The summed E-state index contributed by atoms with van der Waals surface area (Å²) in [6.07, 6.45) is 6.39. The number of para-hydroxylation sites is 1. The molecule has 1 unspecified atom stereocenters. The number of nitrogens with one attached hydrogen (secondary N) is 2. The predicted molar refractivity (Wildman–Crippen MR) is 114 cm³/mol. The second-order valence-electron chi connectivity index (χ2n) is 8.21. The maximum absolute atomic E-state index is 5.46. The maximum atomic E-state index is 5.46. The molecule has 2 atom stereocenters. The SMILES string of the molecule is c1cc2c(c(NC3CCCC3)c1)NC(C1=N[C@H](CN3CCOCC3)CS1)C2. The van der Waals surface area contributed by atoms with Crippen LogP contribution < -0.4 is 10.6 Å². The van der Waals surface area contributed by atoms with Gasteiger partial charge in [0.15, 0.2) is 0 Å². The van der Waals surface area contributed by atoms with Crippen LogP contribution in [0.5, 0.6) is 0 Å². The van der Waals surface area contributed by atoms with E-state index >= 15 is 0 Å². The highest BCUT2D eigenvalue weighted by Crippen LogP contribution is 2.37. The lowest BCUT2D eigenvalue weighted by molar-refractivity contribution is 0.0364. The summed E-state index contributed by atoms with van der Waals surface area (Å²) in [7, 11) is 0. The number of nitrogens with zero attached hydrogens (tertiary/aromatic N) is 2. The average Bonchev–Trinajstić information content (AvgIpc) is 3.43. The van der Waals surface area contributed by atoms with E-state index in [1.165, 1.54) is 47.7 Å². The molecule has 27 heavy (non-hydrogen) atoms. The second kappa shape index (κ2) is 8.02. The van der Waals surface area contributed by atoms with Gasteiger partial charge in [0.05, 0.1) is 41.7 Å². The van der Waals surface area contributed by atoms with E-state index in [0.29, 0.717) is 18.1 Å². The summed E-state index contributed by atoms with van der Waals surface area (Å²) in [5, 5.41) is 8.89. The van der Waals surface area contributed by atoms with Crippen LogP contribution >= 0.6 is 11.8 Å². The summed E-state index contributed by atoms with van der Waals surface area (Å²) < 4.78 is 5.46. The first-order valence-corrected chi connectivity index (χ1v) is 11.5. The number of hydrogen-bond acceptors (Lipinski definition) is 6. The van der Waals surface area contributed by atoms with Crippen LogP contribution in [0.15, 0.2) is 23.2 Å². The zero-order valence-corrected chi connectivity index (χ0v) is 16.8. The monoisotopic (exact) mass is 386 g/mol. The Hall–Kier alpha value is -1.24. The summed E-state index contributed by atoms with van der Waals surface area (Å²) >= 11 is 1.95. The van der Waals surface area contributed by atoms with Gasteiger partial charge in [0.25, 0.3) is 0 Å². The molecule has 0 radical (unpaired) electrons. The number of thioether (sulfide) groups is 1. The molecule has 0 aromatic heterocycles. The Morgan fingerprint density at radius 2 is 2.07 bits per heavy atom. The molecule has 3 heterocycles. The normalized spacial score (nSPS) is 28.8. The van der Waals surface area contributed by atoms with Gasteiger partial charge >= 0.3 is 0 Å². The highest BCUT2D eigenvalue weighted by Gasteiger charge is 2.32. The van der Waals surface area contributed by atoms with Crippen molar-refractivity contribution in [2.24, 2.45) is 4.99 Å². The average molecular weight is 387 g/mol. The Labute approximate surface area is 166 Å². The largest absolute Gasteiger partial charge is 0.381 e. The summed E-state index contributed by atoms with van der Waals surface area (Å²) in [5.41, 5.74) is 4.03. The van der Waals surface area contributed by atoms with Crippen LogP contribution in [-0.2, 0) is 11.2 Å². The molecule has 1 saturated heterocycles. The van der Waals surface area contributed by atoms with E-state index in [1.807, 2.05) is 11.8 Å². The minimum absolute atomic E-state index is 0.353. The van der Waals surface area contributed by atoms with Crippen molar-refractivity contribution in [3.05, 3.63) is 23.8 Å². The summed E-state index contributed by atoms with van der Waals surface area (Å²) in [6.45, 7) is 4.91. The van der Waals surface area contributed by atoms with E-state index in [2.05, 4.69) is 33.7 Å². The summed E-state index contributed by atoms with van der Waals surface area (Å²) in [5.74, 6) is 1.12. The quantitative estimate of drug-likeness (QED) is 0.814. The van der Waals surface area contributed by atoms with Crippen molar-refractivity contribution in [3.8, 4) is 0 Å². The maximum Gasteiger partial charge on any atom is 0.0907 e. The molecule has 2 fully saturated rings. The topological polar surface area (TPSA) is 48.9 Å². The first-order valence-electron chi connectivity index (χ1n) is 10.5. The van der Waals surface area contributed by atoms with E-state index in [1.54, 1.807) is 0 Å². The molecule has 146 valence electrons. The van der Waals surface area contributed by atoms with E-state index in [0.717, 1.165) is 45.0 Å². The molecule has 1 aliphatic carbocycles. The van der Waals surface area contributed by atoms with E-state index in [4.69, 9.17) is 9.73 Å². The van der Waals surface area contributed by atoms with Gasteiger partial charge in [-0.1, -0.05) is 25.0 Å². The highest BCUT2D eigenvalue weighted by atomic mass is 32.2. The molecule has 2 N–H and O–H groups in total. The molecule has 0 spiro atoms. The number of hydrogen-bond donors (Lipinski definition) is 2. The van der Waals surface area contributed by atoms with Crippen molar-refractivity contribution in [1.82, 2.24) is 4.90 Å². The van der Waals surface area contributed by atoms with Crippen LogP contribution in [0.4, 0.5) is 11.4 Å². The van der Waals surface area contributed by atoms with E-state index in [9.17, 15) is 0 Å². The van der Waals surface area contributed by atoms with Gasteiger partial charge in [0.1, 0.15) is 0 Å². The molecule has 6 heteroatoms. The number of benzene rings is 1. The van der Waals surface area contributed by atoms with Gasteiger partial charge in [-0.3, -0.25) is 9.89 Å². The third-order valence-corrected chi connectivity index (χ3v) is 7.45. The number of rotatable bonds is 5. The highest BCUT2D eigenvalue weighted by molar-refractivity contribution is 8.14. The third-order valence-electron chi connectivity index (χ3n) is 6.21. The lowest BCUT2D eigenvalue weighted by Gasteiger charge is -2.27. The minimum Gasteiger partial charge on any atom is -0.381 e. The molecule has 1 aromatic rings. The number of morpholine rings is 1. The fraction of sp³-hybridized carbons (Fsp3) is 0.667. The van der Waals surface area contributed by atoms with Crippen LogP contribution in [0.1, 0.15) is 31.2 Å². The molecular weight excluding hydrogens is 356 g/mol. The van der Waals surface area contributed by atoms with Gasteiger partial charge in [-0.15, -0.1) is 11.8 Å². The lowest BCUT2D eigenvalue weighted by Crippen LogP contribution is -2.40. The number of anilines is 2. The van der Waals surface area contributed by atoms with E-state index < -0.39 is 0 Å². The molecule has 0 bridgehead atoms.